The summed E-state index contributed by atoms with van der Waals surface area (Å²) in [4.78, 5) is 10.2. The minimum Gasteiger partial charge on any atom is -0.303 e. The molecule has 0 N–H and O–H groups in total. The van der Waals surface area contributed by atoms with Crippen molar-refractivity contribution >= 4 is 6.29 Å². The fraction of sp³-hybridized carbons (Fsp3) is 0.952. The molecule has 0 fully saturated rings. The smallest absolute Gasteiger partial charge is 0.119 e. The van der Waals surface area contributed by atoms with Gasteiger partial charge < -0.3 is 4.79 Å². The Labute approximate surface area is 140 Å². The van der Waals surface area contributed by atoms with Gasteiger partial charge in [-0.25, -0.2) is 0 Å². The number of aldehydes is 1. The van der Waals surface area contributed by atoms with Gasteiger partial charge in [-0.05, 0) is 12.3 Å². The highest BCUT2D eigenvalue weighted by atomic mass is 16.1. The van der Waals surface area contributed by atoms with Crippen molar-refractivity contribution in [3.63, 3.8) is 0 Å². The van der Waals surface area contributed by atoms with Gasteiger partial charge >= 0.3 is 0 Å². The lowest BCUT2D eigenvalue weighted by molar-refractivity contribution is -0.107. The van der Waals surface area contributed by atoms with Crippen LogP contribution in [0.3, 0.4) is 0 Å². The summed E-state index contributed by atoms with van der Waals surface area (Å²) in [6.07, 6.45) is 24.0. The first-order chi connectivity index (χ1) is 10.8. The molecular weight excluding hydrogens is 268 g/mol. The van der Waals surface area contributed by atoms with Gasteiger partial charge in [0, 0.05) is 6.42 Å². The minimum atomic E-state index is 0.761. The quantitative estimate of drug-likeness (QED) is 0.189. The molecule has 0 saturated carbocycles. The van der Waals surface area contributed by atoms with Crippen LogP contribution < -0.4 is 0 Å². The standard InChI is InChI=1S/C21H42O/c1-3-4-5-12-15-18-21(2)19-16-13-10-8-6-7-9-11-14-17-20-22/h20-21H,3-19H2,1-2H3. The van der Waals surface area contributed by atoms with Crippen LogP contribution in [0.25, 0.3) is 0 Å². The molecule has 0 aliphatic carbocycles. The van der Waals surface area contributed by atoms with Crippen LogP contribution in [-0.2, 0) is 4.79 Å². The second kappa shape index (κ2) is 18.7. The Balaban J connectivity index is 3.10. The van der Waals surface area contributed by atoms with Gasteiger partial charge in [0.05, 0.1) is 0 Å². The molecule has 0 amide bonds. The first-order valence-electron chi connectivity index (χ1n) is 10.2. The van der Waals surface area contributed by atoms with E-state index >= 15 is 0 Å². The number of carbonyl (C=O) groups excluding carboxylic acids is 1. The molecule has 0 aromatic rings. The predicted molar refractivity (Wildman–Crippen MR) is 99.4 cm³/mol. The van der Waals surface area contributed by atoms with Gasteiger partial charge in [0.1, 0.15) is 6.29 Å². The molecule has 0 saturated heterocycles. The predicted octanol–water partition coefficient (Wildman–Crippen LogP) is 7.47. The Morgan fingerprint density at radius 1 is 0.636 bits per heavy atom. The lowest BCUT2D eigenvalue weighted by atomic mass is 9.96. The van der Waals surface area contributed by atoms with Gasteiger partial charge in [-0.3, -0.25) is 0 Å². The average molecular weight is 311 g/mol. The fourth-order valence-corrected chi connectivity index (χ4v) is 3.20. The van der Waals surface area contributed by atoms with E-state index in [4.69, 9.17) is 0 Å². The zero-order valence-corrected chi connectivity index (χ0v) is 15.6. The Hall–Kier alpha value is -0.330. The Morgan fingerprint density at radius 3 is 1.50 bits per heavy atom. The number of rotatable bonds is 18. The van der Waals surface area contributed by atoms with Crippen molar-refractivity contribution in [2.75, 3.05) is 0 Å². The van der Waals surface area contributed by atoms with E-state index in [0.717, 1.165) is 25.0 Å². The number of hydrogen-bond donors (Lipinski definition) is 0. The second-order valence-corrected chi connectivity index (χ2v) is 7.23. The summed E-state index contributed by atoms with van der Waals surface area (Å²) in [5, 5.41) is 0. The summed E-state index contributed by atoms with van der Waals surface area (Å²) in [6, 6.07) is 0. The zero-order valence-electron chi connectivity index (χ0n) is 15.6. The molecule has 0 bridgehead atoms. The molecule has 1 atom stereocenters. The van der Waals surface area contributed by atoms with Gasteiger partial charge in [-0.2, -0.15) is 0 Å². The molecule has 0 aliphatic heterocycles. The SMILES string of the molecule is CCCCCCCC(C)CCCCCCCCCCCC=O. The lowest BCUT2D eigenvalue weighted by Gasteiger charge is -2.11. The van der Waals surface area contributed by atoms with Crippen LogP contribution in [0.2, 0.25) is 0 Å². The third kappa shape index (κ3) is 17.7. The molecule has 0 aromatic heterocycles. The van der Waals surface area contributed by atoms with Crippen molar-refractivity contribution in [2.45, 2.75) is 123 Å². The molecule has 0 heterocycles. The number of carbonyl (C=O) groups is 1. The highest BCUT2D eigenvalue weighted by Crippen LogP contribution is 2.18. The lowest BCUT2D eigenvalue weighted by Crippen LogP contribution is -1.95. The van der Waals surface area contributed by atoms with E-state index in [2.05, 4.69) is 13.8 Å². The molecular formula is C21H42O. The highest BCUT2D eigenvalue weighted by Gasteiger charge is 2.02. The molecule has 1 nitrogen and oxygen atoms in total. The van der Waals surface area contributed by atoms with E-state index in [-0.39, 0.29) is 0 Å². The first-order valence-corrected chi connectivity index (χ1v) is 10.2. The van der Waals surface area contributed by atoms with Gasteiger partial charge in [0.25, 0.3) is 0 Å². The van der Waals surface area contributed by atoms with Crippen LogP contribution in [-0.4, -0.2) is 6.29 Å². The molecule has 22 heavy (non-hydrogen) atoms. The normalized spacial score (nSPS) is 12.5. The second-order valence-electron chi connectivity index (χ2n) is 7.23. The van der Waals surface area contributed by atoms with Crippen LogP contribution in [0.15, 0.2) is 0 Å². The van der Waals surface area contributed by atoms with E-state index < -0.39 is 0 Å². The van der Waals surface area contributed by atoms with Crippen LogP contribution in [0.5, 0.6) is 0 Å². The Kier molecular flexibility index (Phi) is 18.4. The monoisotopic (exact) mass is 310 g/mol. The Bertz CT molecular complexity index is 212. The van der Waals surface area contributed by atoms with Crippen molar-refractivity contribution < 1.29 is 4.79 Å². The van der Waals surface area contributed by atoms with Gasteiger partial charge in [0.15, 0.2) is 0 Å². The summed E-state index contributed by atoms with van der Waals surface area (Å²) in [5.41, 5.74) is 0. The molecule has 0 aliphatic rings. The van der Waals surface area contributed by atoms with Gasteiger partial charge in [-0.1, -0.05) is 110 Å². The third-order valence-electron chi connectivity index (χ3n) is 4.82. The van der Waals surface area contributed by atoms with E-state index in [1.165, 1.54) is 96.3 Å². The first kappa shape index (κ1) is 21.7. The molecule has 0 spiro atoms. The number of unbranched alkanes of at least 4 members (excludes halogenated alkanes) is 13. The van der Waals surface area contributed by atoms with Crippen molar-refractivity contribution in [1.82, 2.24) is 0 Å². The van der Waals surface area contributed by atoms with Crippen molar-refractivity contribution in [2.24, 2.45) is 5.92 Å². The molecule has 0 rings (SSSR count). The Morgan fingerprint density at radius 2 is 1.05 bits per heavy atom. The van der Waals surface area contributed by atoms with Crippen LogP contribution >= 0.6 is 0 Å². The molecule has 132 valence electrons. The maximum atomic E-state index is 10.2. The molecule has 1 unspecified atom stereocenters. The van der Waals surface area contributed by atoms with E-state index in [1.54, 1.807) is 0 Å². The molecule has 0 aromatic carbocycles. The maximum Gasteiger partial charge on any atom is 0.119 e. The van der Waals surface area contributed by atoms with Crippen molar-refractivity contribution in [3.8, 4) is 0 Å². The third-order valence-corrected chi connectivity index (χ3v) is 4.82. The van der Waals surface area contributed by atoms with Gasteiger partial charge in [0.2, 0.25) is 0 Å². The molecule has 0 radical (unpaired) electrons. The topological polar surface area (TPSA) is 17.1 Å². The fourth-order valence-electron chi connectivity index (χ4n) is 3.20. The summed E-state index contributed by atoms with van der Waals surface area (Å²) < 4.78 is 0. The van der Waals surface area contributed by atoms with E-state index in [0.29, 0.717) is 0 Å². The molecule has 1 heteroatoms. The van der Waals surface area contributed by atoms with E-state index in [1.807, 2.05) is 0 Å². The maximum absolute atomic E-state index is 10.2. The number of hydrogen-bond acceptors (Lipinski definition) is 1. The summed E-state index contributed by atoms with van der Waals surface area (Å²) in [6.45, 7) is 4.73. The van der Waals surface area contributed by atoms with E-state index in [9.17, 15) is 4.79 Å². The van der Waals surface area contributed by atoms with Crippen LogP contribution in [0.4, 0.5) is 0 Å². The zero-order chi connectivity index (χ0) is 16.3. The summed E-state index contributed by atoms with van der Waals surface area (Å²) in [7, 11) is 0. The largest absolute Gasteiger partial charge is 0.303 e. The van der Waals surface area contributed by atoms with Crippen LogP contribution in [0.1, 0.15) is 123 Å². The average Bonchev–Trinajstić information content (AvgIpc) is 2.52. The highest BCUT2D eigenvalue weighted by molar-refractivity contribution is 5.48. The summed E-state index contributed by atoms with van der Waals surface area (Å²) >= 11 is 0. The van der Waals surface area contributed by atoms with Crippen LogP contribution in [0, 0.1) is 5.92 Å². The minimum absolute atomic E-state index is 0.761. The summed E-state index contributed by atoms with van der Waals surface area (Å²) in [5.74, 6) is 0.944. The van der Waals surface area contributed by atoms with Crippen molar-refractivity contribution in [3.05, 3.63) is 0 Å². The van der Waals surface area contributed by atoms with Gasteiger partial charge in [-0.15, -0.1) is 0 Å². The van der Waals surface area contributed by atoms with Crippen molar-refractivity contribution in [1.29, 1.82) is 0 Å².